The van der Waals surface area contributed by atoms with Gasteiger partial charge in [-0.2, -0.15) is 0 Å². The number of carbonyl (C=O) groups is 4. The standard InChI is InChI=1S/3C15H10N.2C13H8NS.4C5H8O2.5Ir/c1-2-7-13(8-3-1)15-14-9-5-4-6-12(14)10-11-16-15;2*1-2-6-12(7-3-1)15-11-10-13-8-4-5-9-14(13)16-15;2*1-2-7-12-10(5-1)9-13(15-12)11-6-3-4-8-14-11;4*1-4(6)3-5(2)7;;;;;/h1-7,9-11H;2*1-6,8-11H;2*1-8H;4*3,6H,1-2H3;;;;;/q5*-1;;;;;;;;;. The number of aliphatic hydroxyl groups excluding tert-OH is 4. The molecule has 0 aliphatic rings. The first-order chi connectivity index (χ1) is 51.2. The minimum atomic E-state index is -0.125. The maximum absolute atomic E-state index is 10.0. The van der Waals surface area contributed by atoms with E-state index in [1.165, 1.54) is 121 Å². The van der Waals surface area contributed by atoms with Crippen molar-refractivity contribution in [3.8, 4) is 54.9 Å². The Balaban J connectivity index is 0.000000431. The Morgan fingerprint density at radius 2 is 0.649 bits per heavy atom. The maximum Gasteiger partial charge on any atom is 0.155 e. The molecule has 0 aliphatic heterocycles. The van der Waals surface area contributed by atoms with Crippen LogP contribution < -0.4 is 0 Å². The van der Waals surface area contributed by atoms with Crippen molar-refractivity contribution in [3.05, 3.63) is 357 Å². The van der Waals surface area contributed by atoms with E-state index < -0.39 is 0 Å². The molecule has 577 valence electrons. The van der Waals surface area contributed by atoms with E-state index in [1.807, 2.05) is 207 Å². The number of aromatic nitrogens is 5. The fourth-order valence-corrected chi connectivity index (χ4v) is 11.6. The van der Waals surface area contributed by atoms with Gasteiger partial charge in [0.15, 0.2) is 23.1 Å². The number of allylic oxidation sites excluding steroid dienone is 8. The van der Waals surface area contributed by atoms with E-state index in [0.29, 0.717) is 0 Å². The van der Waals surface area contributed by atoms with Gasteiger partial charge >= 0.3 is 0 Å². The van der Waals surface area contributed by atoms with Gasteiger partial charge < -0.3 is 35.4 Å². The van der Waals surface area contributed by atoms with E-state index >= 15 is 0 Å². The predicted molar refractivity (Wildman–Crippen MR) is 434 cm³/mol. The third-order valence-electron chi connectivity index (χ3n) is 13.9. The number of aliphatic hydroxyl groups is 4. The molecule has 0 fully saturated rings. The number of rotatable bonds is 9. The van der Waals surface area contributed by atoms with Crippen molar-refractivity contribution in [2.75, 3.05) is 0 Å². The molecule has 7 heterocycles. The second-order valence-electron chi connectivity index (χ2n) is 23.1. The largest absolute Gasteiger partial charge is 0.512 e. The number of nitrogens with zero attached hydrogens (tertiary/aromatic N) is 5. The van der Waals surface area contributed by atoms with Gasteiger partial charge in [0.1, 0.15) is 0 Å². The fourth-order valence-electron chi connectivity index (χ4n) is 9.65. The van der Waals surface area contributed by atoms with Gasteiger partial charge in [0, 0.05) is 155 Å². The van der Waals surface area contributed by atoms with Crippen LogP contribution in [0.15, 0.2) is 327 Å². The topological polar surface area (TPSA) is 214 Å². The van der Waals surface area contributed by atoms with Crippen molar-refractivity contribution >= 4 is 98.6 Å². The first kappa shape index (κ1) is 97.4. The average Bonchev–Trinajstić information content (AvgIpc) is 1.79. The summed E-state index contributed by atoms with van der Waals surface area (Å²) < 4.78 is 2.52. The molecule has 15 rings (SSSR count). The van der Waals surface area contributed by atoms with Crippen molar-refractivity contribution in [3.63, 3.8) is 0 Å². The summed E-state index contributed by atoms with van der Waals surface area (Å²) in [6.07, 6.45) is 10.1. The molecule has 0 amide bonds. The summed E-state index contributed by atoms with van der Waals surface area (Å²) in [5, 5.41) is 40.5. The van der Waals surface area contributed by atoms with E-state index in [4.69, 9.17) is 20.4 Å². The molecule has 0 unspecified atom stereocenters. The molecule has 8 aromatic carbocycles. The maximum atomic E-state index is 10.0. The molecular formula is C91H78Ir5N5O8S2-5. The number of hydrogen-bond acceptors (Lipinski definition) is 15. The Morgan fingerprint density at radius 3 is 0.982 bits per heavy atom. The number of fused-ring (bicyclic) bond motifs is 5. The van der Waals surface area contributed by atoms with Crippen LogP contribution in [0.5, 0.6) is 0 Å². The zero-order chi connectivity index (χ0) is 76.0. The van der Waals surface area contributed by atoms with Gasteiger partial charge in [-0.15, -0.1) is 155 Å². The molecule has 5 radical (unpaired) electrons. The van der Waals surface area contributed by atoms with E-state index in [2.05, 4.69) is 128 Å². The van der Waals surface area contributed by atoms with Crippen LogP contribution in [0.1, 0.15) is 55.4 Å². The van der Waals surface area contributed by atoms with E-state index in [0.717, 1.165) is 65.9 Å². The molecule has 0 saturated carbocycles. The van der Waals surface area contributed by atoms with E-state index in [1.54, 1.807) is 22.7 Å². The van der Waals surface area contributed by atoms with Crippen molar-refractivity contribution in [2.45, 2.75) is 55.4 Å². The molecule has 7 aromatic heterocycles. The smallest absolute Gasteiger partial charge is 0.155 e. The number of ketones is 4. The van der Waals surface area contributed by atoms with Gasteiger partial charge in [0.2, 0.25) is 0 Å². The van der Waals surface area contributed by atoms with Gasteiger partial charge in [-0.3, -0.25) is 29.1 Å². The average molecular weight is 2390 g/mol. The van der Waals surface area contributed by atoms with Crippen LogP contribution in [-0.2, 0) is 120 Å². The van der Waals surface area contributed by atoms with Crippen LogP contribution in [0.25, 0.3) is 108 Å². The first-order valence-electron chi connectivity index (χ1n) is 33.3. The van der Waals surface area contributed by atoms with Crippen molar-refractivity contribution in [2.24, 2.45) is 0 Å². The van der Waals surface area contributed by atoms with E-state index in [-0.39, 0.29) is 147 Å². The van der Waals surface area contributed by atoms with Gasteiger partial charge in [0.25, 0.3) is 0 Å². The Kier molecular flexibility index (Phi) is 46.7. The second-order valence-corrected chi connectivity index (χ2v) is 25.2. The number of benzene rings is 8. The number of carbonyl (C=O) groups excluding carboxylic acids is 4. The minimum absolute atomic E-state index is 0. The molecule has 20 heteroatoms. The third kappa shape index (κ3) is 35.5. The molecule has 0 atom stereocenters. The van der Waals surface area contributed by atoms with Crippen molar-refractivity contribution in [1.82, 2.24) is 24.9 Å². The molecule has 111 heavy (non-hydrogen) atoms. The SMILES string of the molecule is CC(=O)C=C(C)O.CC(=O)C=C(C)O.CC(=O)C=C(C)O.CC(=O)C=C(C)O.[Ir].[Ir].[Ir].[Ir].[Ir].[c-]1c(-c2ccccn2)sc2ccccc12.[c-]1c(-c2ccccn2)sc2ccccc12.[c-]1ccccc1-c1ccc2ccccc2n1.[c-]1ccccc1-c1ccc2ccccc2n1.[c-]1ccccc1-c1nccc2ccccc12. The van der Waals surface area contributed by atoms with Crippen LogP contribution in [0.2, 0.25) is 0 Å². The van der Waals surface area contributed by atoms with Gasteiger partial charge in [-0.1, -0.05) is 133 Å². The predicted octanol–water partition coefficient (Wildman–Crippen LogP) is 22.8. The summed E-state index contributed by atoms with van der Waals surface area (Å²) in [4.78, 5) is 64.6. The molecule has 0 saturated heterocycles. The zero-order valence-corrected chi connectivity index (χ0v) is 75.1. The fraction of sp³-hybridized carbons (Fsp3) is 0.0879. The monoisotopic (exact) mass is 2400 g/mol. The van der Waals surface area contributed by atoms with Gasteiger partial charge in [0.05, 0.1) is 34.1 Å². The first-order valence-corrected chi connectivity index (χ1v) is 34.9. The zero-order valence-electron chi connectivity index (χ0n) is 61.5. The number of pyridine rings is 5. The summed E-state index contributed by atoms with van der Waals surface area (Å²) >= 11 is 3.46. The van der Waals surface area contributed by atoms with Crippen molar-refractivity contribution < 1.29 is 140 Å². The Bertz CT molecular complexity index is 5010. The second kappa shape index (κ2) is 53.2. The molecule has 0 spiro atoms. The Hall–Kier alpha value is -9.70. The summed E-state index contributed by atoms with van der Waals surface area (Å²) in [6.45, 7) is 11.4. The number of hydrogen-bond donors (Lipinski definition) is 4. The van der Waals surface area contributed by atoms with Crippen LogP contribution >= 0.6 is 22.7 Å². The summed E-state index contributed by atoms with van der Waals surface area (Å²) in [7, 11) is 0. The van der Waals surface area contributed by atoms with Crippen molar-refractivity contribution in [1.29, 1.82) is 0 Å². The van der Waals surface area contributed by atoms with Crippen LogP contribution in [0.4, 0.5) is 0 Å². The summed E-state index contributed by atoms with van der Waals surface area (Å²) in [5.74, 6) is -0.250. The number of thiophene rings is 2. The Morgan fingerprint density at radius 1 is 0.315 bits per heavy atom. The van der Waals surface area contributed by atoms with Crippen LogP contribution in [0.3, 0.4) is 0 Å². The quantitative estimate of drug-likeness (QED) is 0.0602. The number of para-hydroxylation sites is 2. The molecular weight excluding hydrogens is 2320 g/mol. The molecule has 13 nitrogen and oxygen atoms in total. The van der Waals surface area contributed by atoms with Crippen LogP contribution in [-0.4, -0.2) is 68.5 Å². The van der Waals surface area contributed by atoms with E-state index in [9.17, 15) is 19.2 Å². The van der Waals surface area contributed by atoms with Gasteiger partial charge in [-0.05, 0) is 144 Å². The third-order valence-corrected chi connectivity index (χ3v) is 16.1. The molecule has 4 N–H and O–H groups in total. The van der Waals surface area contributed by atoms with Crippen LogP contribution in [0, 0.1) is 30.3 Å². The summed E-state index contributed by atoms with van der Waals surface area (Å²) in [5.41, 5.74) is 10.1. The molecule has 0 aliphatic carbocycles. The normalized spacial score (nSPS) is 10.3. The minimum Gasteiger partial charge on any atom is -0.512 e. The molecule has 15 aromatic rings. The van der Waals surface area contributed by atoms with Gasteiger partial charge in [-0.25, -0.2) is 22.7 Å². The molecule has 0 bridgehead atoms. The summed E-state index contributed by atoms with van der Waals surface area (Å²) in [6, 6.07) is 103. The Labute approximate surface area is 724 Å².